The summed E-state index contributed by atoms with van der Waals surface area (Å²) in [6, 6.07) is 5.77. The van der Waals surface area contributed by atoms with E-state index in [1.54, 1.807) is 24.3 Å². The molecule has 0 saturated carbocycles. The number of hydrogen-bond donors (Lipinski definition) is 3. The molecule has 7 heteroatoms. The molecule has 1 unspecified atom stereocenters. The van der Waals surface area contributed by atoms with E-state index in [-0.39, 0.29) is 0 Å². The molecule has 7 nitrogen and oxygen atoms in total. The molecule has 0 fully saturated rings. The van der Waals surface area contributed by atoms with Gasteiger partial charge in [0.15, 0.2) is 0 Å². The predicted molar refractivity (Wildman–Crippen MR) is 75.6 cm³/mol. The van der Waals surface area contributed by atoms with Crippen LogP contribution in [0.5, 0.6) is 5.75 Å². The number of carboxylic acid groups (broad SMARTS) is 2. The van der Waals surface area contributed by atoms with E-state index < -0.39 is 24.4 Å². The third kappa shape index (κ3) is 3.19. The van der Waals surface area contributed by atoms with Crippen molar-refractivity contribution >= 4 is 28.5 Å². The van der Waals surface area contributed by atoms with Crippen LogP contribution < -0.4 is 10.1 Å². The molecule has 0 saturated heterocycles. The van der Waals surface area contributed by atoms with Gasteiger partial charge in [0.2, 0.25) is 0 Å². The number of nitrogens with zero attached hydrogens (tertiary/aromatic N) is 1. The second-order valence-corrected chi connectivity index (χ2v) is 4.35. The van der Waals surface area contributed by atoms with E-state index in [0.717, 1.165) is 5.39 Å². The Morgan fingerprint density at radius 3 is 2.67 bits per heavy atom. The van der Waals surface area contributed by atoms with Crippen LogP contribution in [0.15, 0.2) is 30.5 Å². The number of carbonyl (C=O) groups is 2. The van der Waals surface area contributed by atoms with Crippen molar-refractivity contribution in [1.29, 1.82) is 0 Å². The monoisotopic (exact) mass is 290 g/mol. The van der Waals surface area contributed by atoms with E-state index >= 15 is 0 Å². The smallest absolute Gasteiger partial charge is 0.326 e. The fourth-order valence-corrected chi connectivity index (χ4v) is 2.01. The van der Waals surface area contributed by atoms with Crippen molar-refractivity contribution < 1.29 is 24.5 Å². The van der Waals surface area contributed by atoms with Gasteiger partial charge in [0.1, 0.15) is 17.6 Å². The Balaban J connectivity index is 2.42. The van der Waals surface area contributed by atoms with Crippen molar-refractivity contribution in [3.8, 4) is 5.75 Å². The lowest BCUT2D eigenvalue weighted by Crippen LogP contribution is -2.32. The number of methoxy groups -OCH3 is 1. The van der Waals surface area contributed by atoms with Crippen molar-refractivity contribution in [2.24, 2.45) is 0 Å². The number of aromatic nitrogens is 1. The molecular formula is C14H14N2O5. The van der Waals surface area contributed by atoms with Crippen LogP contribution in [0, 0.1) is 0 Å². The van der Waals surface area contributed by atoms with Crippen molar-refractivity contribution in [3.63, 3.8) is 0 Å². The molecule has 0 amide bonds. The summed E-state index contributed by atoms with van der Waals surface area (Å²) in [7, 11) is 1.53. The second kappa shape index (κ2) is 6.08. The van der Waals surface area contributed by atoms with Gasteiger partial charge in [-0.15, -0.1) is 0 Å². The second-order valence-electron chi connectivity index (χ2n) is 4.35. The SMILES string of the molecule is COc1cccc2c(NC(CC(=O)O)C(=O)O)nccc12. The van der Waals surface area contributed by atoms with Gasteiger partial charge in [0.05, 0.1) is 13.5 Å². The summed E-state index contributed by atoms with van der Waals surface area (Å²) in [6.07, 6.45) is 0.963. The summed E-state index contributed by atoms with van der Waals surface area (Å²) in [5, 5.41) is 21.9. The minimum atomic E-state index is -1.26. The number of carboxylic acids is 2. The van der Waals surface area contributed by atoms with Gasteiger partial charge >= 0.3 is 11.9 Å². The Morgan fingerprint density at radius 1 is 1.29 bits per heavy atom. The van der Waals surface area contributed by atoms with Crippen LogP contribution in [0.2, 0.25) is 0 Å². The zero-order valence-corrected chi connectivity index (χ0v) is 11.2. The van der Waals surface area contributed by atoms with Gasteiger partial charge in [-0.2, -0.15) is 0 Å². The molecule has 2 aromatic rings. The van der Waals surface area contributed by atoms with Crippen LogP contribution in [0.1, 0.15) is 6.42 Å². The van der Waals surface area contributed by atoms with Crippen molar-refractivity contribution in [2.75, 3.05) is 12.4 Å². The molecule has 2 rings (SSSR count). The number of ether oxygens (including phenoxy) is 1. The van der Waals surface area contributed by atoms with Crippen LogP contribution in [0.3, 0.4) is 0 Å². The highest BCUT2D eigenvalue weighted by Gasteiger charge is 2.22. The van der Waals surface area contributed by atoms with Gasteiger partial charge in [-0.05, 0) is 12.1 Å². The average Bonchev–Trinajstić information content (AvgIpc) is 2.45. The van der Waals surface area contributed by atoms with Crippen LogP contribution in [-0.2, 0) is 9.59 Å². The number of pyridine rings is 1. The topological polar surface area (TPSA) is 109 Å². The zero-order valence-electron chi connectivity index (χ0n) is 11.2. The molecule has 3 N–H and O–H groups in total. The molecule has 1 aromatic heterocycles. The zero-order chi connectivity index (χ0) is 15.4. The largest absolute Gasteiger partial charge is 0.496 e. The van der Waals surface area contributed by atoms with E-state index in [4.69, 9.17) is 14.9 Å². The quantitative estimate of drug-likeness (QED) is 0.741. The molecule has 0 aliphatic rings. The highest BCUT2D eigenvalue weighted by molar-refractivity contribution is 5.97. The van der Waals surface area contributed by atoms with E-state index in [1.165, 1.54) is 13.3 Å². The number of nitrogens with one attached hydrogen (secondary N) is 1. The fourth-order valence-electron chi connectivity index (χ4n) is 2.01. The van der Waals surface area contributed by atoms with Crippen LogP contribution in [-0.4, -0.2) is 40.3 Å². The Bertz CT molecular complexity index is 686. The summed E-state index contributed by atoms with van der Waals surface area (Å²) in [5.74, 6) is -1.52. The highest BCUT2D eigenvalue weighted by atomic mass is 16.5. The van der Waals surface area contributed by atoms with Gasteiger partial charge in [0.25, 0.3) is 0 Å². The fraction of sp³-hybridized carbons (Fsp3) is 0.214. The average molecular weight is 290 g/mol. The first-order valence-electron chi connectivity index (χ1n) is 6.15. The lowest BCUT2D eigenvalue weighted by molar-refractivity contribution is -0.144. The molecule has 1 aromatic carbocycles. The molecule has 110 valence electrons. The van der Waals surface area contributed by atoms with Gasteiger partial charge in [0, 0.05) is 17.0 Å². The van der Waals surface area contributed by atoms with E-state index in [0.29, 0.717) is 17.0 Å². The Kier molecular flexibility index (Phi) is 4.22. The van der Waals surface area contributed by atoms with Crippen molar-refractivity contribution in [2.45, 2.75) is 12.5 Å². The van der Waals surface area contributed by atoms with E-state index in [1.807, 2.05) is 0 Å². The molecule has 1 atom stereocenters. The number of benzene rings is 1. The van der Waals surface area contributed by atoms with Gasteiger partial charge in [-0.25, -0.2) is 9.78 Å². The molecule has 1 heterocycles. The number of hydrogen-bond acceptors (Lipinski definition) is 5. The Morgan fingerprint density at radius 2 is 2.05 bits per heavy atom. The molecule has 0 radical (unpaired) electrons. The van der Waals surface area contributed by atoms with Crippen LogP contribution in [0.4, 0.5) is 5.82 Å². The third-order valence-corrected chi connectivity index (χ3v) is 2.97. The molecule has 0 aliphatic heterocycles. The number of fused-ring (bicyclic) bond motifs is 1. The third-order valence-electron chi connectivity index (χ3n) is 2.97. The standard InChI is InChI=1S/C14H14N2O5/c1-21-11-4-2-3-9-8(11)5-6-15-13(9)16-10(14(19)20)7-12(17)18/h2-6,10H,7H2,1H3,(H,15,16)(H,17,18)(H,19,20). The van der Waals surface area contributed by atoms with Crippen LogP contribution >= 0.6 is 0 Å². The maximum absolute atomic E-state index is 11.1. The minimum absolute atomic E-state index is 0.306. The number of rotatable bonds is 6. The first kappa shape index (κ1) is 14.6. The van der Waals surface area contributed by atoms with Gasteiger partial charge in [-0.1, -0.05) is 12.1 Å². The number of anilines is 1. The van der Waals surface area contributed by atoms with Crippen molar-refractivity contribution in [1.82, 2.24) is 4.98 Å². The minimum Gasteiger partial charge on any atom is -0.496 e. The summed E-state index contributed by atoms with van der Waals surface area (Å²) < 4.78 is 5.23. The lowest BCUT2D eigenvalue weighted by atomic mass is 10.1. The maximum Gasteiger partial charge on any atom is 0.326 e. The molecule has 0 bridgehead atoms. The normalized spacial score (nSPS) is 11.9. The Hall–Kier alpha value is -2.83. The van der Waals surface area contributed by atoms with E-state index in [9.17, 15) is 9.59 Å². The first-order chi connectivity index (χ1) is 10.0. The van der Waals surface area contributed by atoms with Crippen LogP contribution in [0.25, 0.3) is 10.8 Å². The number of aliphatic carboxylic acids is 2. The predicted octanol–water partition coefficient (Wildman–Crippen LogP) is 1.58. The van der Waals surface area contributed by atoms with Gasteiger partial charge < -0.3 is 20.3 Å². The van der Waals surface area contributed by atoms with E-state index in [2.05, 4.69) is 10.3 Å². The van der Waals surface area contributed by atoms with Crippen molar-refractivity contribution in [3.05, 3.63) is 30.5 Å². The highest BCUT2D eigenvalue weighted by Crippen LogP contribution is 2.29. The lowest BCUT2D eigenvalue weighted by Gasteiger charge is -2.15. The summed E-state index contributed by atoms with van der Waals surface area (Å²) >= 11 is 0. The molecular weight excluding hydrogens is 276 g/mol. The summed E-state index contributed by atoms with van der Waals surface area (Å²) in [4.78, 5) is 25.9. The maximum atomic E-state index is 11.1. The summed E-state index contributed by atoms with van der Waals surface area (Å²) in [6.45, 7) is 0. The molecule has 0 spiro atoms. The Labute approximate surface area is 120 Å². The van der Waals surface area contributed by atoms with Gasteiger partial charge in [-0.3, -0.25) is 4.79 Å². The molecule has 0 aliphatic carbocycles. The summed E-state index contributed by atoms with van der Waals surface area (Å²) in [5.41, 5.74) is 0. The first-order valence-corrected chi connectivity index (χ1v) is 6.15. The molecule has 21 heavy (non-hydrogen) atoms.